The quantitative estimate of drug-likeness (QED) is 0.293. The molecule has 5 rings (SSSR count). The third kappa shape index (κ3) is 5.00. The summed E-state index contributed by atoms with van der Waals surface area (Å²) in [4.78, 5) is 29.9. The van der Waals surface area contributed by atoms with Crippen LogP contribution >= 0.6 is 11.3 Å². The summed E-state index contributed by atoms with van der Waals surface area (Å²) in [6, 6.07) is 22.6. The van der Waals surface area contributed by atoms with Gasteiger partial charge in [0.2, 0.25) is 5.91 Å². The molecule has 0 saturated carbocycles. The van der Waals surface area contributed by atoms with Crippen molar-refractivity contribution in [1.82, 2.24) is 0 Å². The zero-order valence-electron chi connectivity index (χ0n) is 19.0. The topological polar surface area (TPSA) is 90.8 Å². The van der Waals surface area contributed by atoms with Crippen molar-refractivity contribution in [3.05, 3.63) is 105 Å². The summed E-state index contributed by atoms with van der Waals surface area (Å²) in [5, 5.41) is 17.6. The number of phenols is 1. The fraction of sp³-hybridized carbons (Fsp3) is 0.107. The molecule has 1 atom stereocenters. The number of thiophene rings is 1. The SMILES string of the molecule is Cc1ccc(N=CC2C(=O)Nc3ccc(Cc4ccc(NC(=O)c5cccs5)cc4)cc32)cc1O. The fourth-order valence-electron chi connectivity index (χ4n) is 3.97. The monoisotopic (exact) mass is 481 g/mol. The zero-order valence-corrected chi connectivity index (χ0v) is 19.8. The number of aliphatic imine (C=N–C) groups is 1. The van der Waals surface area contributed by atoms with E-state index in [-0.39, 0.29) is 17.6 Å². The maximum atomic E-state index is 12.6. The summed E-state index contributed by atoms with van der Waals surface area (Å²) < 4.78 is 0. The van der Waals surface area contributed by atoms with Gasteiger partial charge in [-0.2, -0.15) is 0 Å². The minimum atomic E-state index is -0.497. The number of nitrogens with zero attached hydrogens (tertiary/aromatic N) is 1. The first-order chi connectivity index (χ1) is 17.0. The lowest BCUT2D eigenvalue weighted by atomic mass is 9.96. The van der Waals surface area contributed by atoms with E-state index >= 15 is 0 Å². The second kappa shape index (κ2) is 9.56. The summed E-state index contributed by atoms with van der Waals surface area (Å²) >= 11 is 1.41. The highest BCUT2D eigenvalue weighted by Crippen LogP contribution is 2.33. The average molecular weight is 482 g/mol. The lowest BCUT2D eigenvalue weighted by Crippen LogP contribution is -2.12. The number of fused-ring (bicyclic) bond motifs is 1. The Kier molecular flexibility index (Phi) is 6.16. The number of hydrogen-bond acceptors (Lipinski definition) is 5. The smallest absolute Gasteiger partial charge is 0.265 e. The molecule has 6 nitrogen and oxygen atoms in total. The second-order valence-electron chi connectivity index (χ2n) is 8.44. The van der Waals surface area contributed by atoms with E-state index in [1.165, 1.54) is 11.3 Å². The van der Waals surface area contributed by atoms with Crippen LogP contribution in [0.4, 0.5) is 17.1 Å². The molecule has 174 valence electrons. The van der Waals surface area contributed by atoms with Gasteiger partial charge in [0.25, 0.3) is 5.91 Å². The highest BCUT2D eigenvalue weighted by molar-refractivity contribution is 7.12. The third-order valence-electron chi connectivity index (χ3n) is 5.92. The fourth-order valence-corrected chi connectivity index (χ4v) is 4.59. The lowest BCUT2D eigenvalue weighted by Gasteiger charge is -2.08. The number of carbonyl (C=O) groups excluding carboxylic acids is 2. The van der Waals surface area contributed by atoms with Crippen LogP contribution in [0.5, 0.6) is 5.75 Å². The van der Waals surface area contributed by atoms with Crippen LogP contribution in [-0.4, -0.2) is 23.1 Å². The second-order valence-corrected chi connectivity index (χ2v) is 9.39. The van der Waals surface area contributed by atoms with E-state index in [1.54, 1.807) is 24.4 Å². The van der Waals surface area contributed by atoms with E-state index in [0.717, 1.165) is 33.6 Å². The summed E-state index contributed by atoms with van der Waals surface area (Å²) in [5.74, 6) is -0.557. The van der Waals surface area contributed by atoms with Crippen LogP contribution in [0.1, 0.15) is 37.8 Å². The molecule has 3 N–H and O–H groups in total. The van der Waals surface area contributed by atoms with Gasteiger partial charge < -0.3 is 15.7 Å². The van der Waals surface area contributed by atoms with E-state index in [9.17, 15) is 14.7 Å². The van der Waals surface area contributed by atoms with Crippen molar-refractivity contribution in [3.63, 3.8) is 0 Å². The summed E-state index contributed by atoms with van der Waals surface area (Å²) in [5.41, 5.74) is 5.95. The molecule has 0 fully saturated rings. The van der Waals surface area contributed by atoms with Gasteiger partial charge in [-0.25, -0.2) is 0 Å². The maximum Gasteiger partial charge on any atom is 0.265 e. The number of benzene rings is 3. The number of phenolic OH excluding ortho intramolecular Hbond substituents is 1. The molecule has 35 heavy (non-hydrogen) atoms. The van der Waals surface area contributed by atoms with E-state index in [4.69, 9.17) is 0 Å². The van der Waals surface area contributed by atoms with Gasteiger partial charge in [0, 0.05) is 23.7 Å². The number of rotatable bonds is 6. The minimum Gasteiger partial charge on any atom is -0.508 e. The Morgan fingerprint density at radius 2 is 1.89 bits per heavy atom. The molecule has 1 unspecified atom stereocenters. The van der Waals surface area contributed by atoms with E-state index in [0.29, 0.717) is 17.0 Å². The van der Waals surface area contributed by atoms with Gasteiger partial charge in [0.05, 0.1) is 10.6 Å². The molecule has 0 spiro atoms. The molecule has 3 aromatic carbocycles. The molecule has 1 aliphatic heterocycles. The molecule has 1 aliphatic rings. The van der Waals surface area contributed by atoms with Gasteiger partial charge >= 0.3 is 0 Å². The van der Waals surface area contributed by atoms with Crippen molar-refractivity contribution in [2.75, 3.05) is 10.6 Å². The Labute approximate surface area is 207 Å². The number of carbonyl (C=O) groups is 2. The first kappa shape index (κ1) is 22.6. The molecule has 1 aromatic heterocycles. The number of aromatic hydroxyl groups is 1. The Morgan fingerprint density at radius 1 is 1.09 bits per heavy atom. The number of nitrogens with one attached hydrogen (secondary N) is 2. The molecule has 0 aliphatic carbocycles. The van der Waals surface area contributed by atoms with Crippen LogP contribution in [0, 0.1) is 6.92 Å². The van der Waals surface area contributed by atoms with Gasteiger partial charge in [-0.3, -0.25) is 14.6 Å². The van der Waals surface area contributed by atoms with Crippen molar-refractivity contribution in [3.8, 4) is 5.75 Å². The van der Waals surface area contributed by atoms with E-state index in [2.05, 4.69) is 15.6 Å². The number of amides is 2. The van der Waals surface area contributed by atoms with Gasteiger partial charge in [0.15, 0.2) is 0 Å². The van der Waals surface area contributed by atoms with Crippen LogP contribution in [0.25, 0.3) is 0 Å². The summed E-state index contributed by atoms with van der Waals surface area (Å²) in [7, 11) is 0. The highest BCUT2D eigenvalue weighted by atomic mass is 32.1. The molecule has 2 amide bonds. The molecule has 0 bridgehead atoms. The summed E-state index contributed by atoms with van der Waals surface area (Å²) in [6.45, 7) is 1.82. The van der Waals surface area contributed by atoms with Crippen LogP contribution in [0.2, 0.25) is 0 Å². The minimum absolute atomic E-state index is 0.114. The maximum absolute atomic E-state index is 12.6. The zero-order chi connectivity index (χ0) is 24.4. The molecule has 7 heteroatoms. The van der Waals surface area contributed by atoms with Gasteiger partial charge in [-0.05, 0) is 71.3 Å². The Morgan fingerprint density at radius 3 is 2.63 bits per heavy atom. The van der Waals surface area contributed by atoms with Gasteiger partial charge in [-0.15, -0.1) is 11.3 Å². The van der Waals surface area contributed by atoms with Crippen LogP contribution in [-0.2, 0) is 11.2 Å². The first-order valence-electron chi connectivity index (χ1n) is 11.2. The number of aryl methyl sites for hydroxylation is 1. The third-order valence-corrected chi connectivity index (χ3v) is 6.79. The van der Waals surface area contributed by atoms with E-state index < -0.39 is 5.92 Å². The normalized spacial score (nSPS) is 14.7. The first-order valence-corrected chi connectivity index (χ1v) is 12.1. The van der Waals surface area contributed by atoms with Crippen molar-refractivity contribution < 1.29 is 14.7 Å². The van der Waals surface area contributed by atoms with Gasteiger partial charge in [0.1, 0.15) is 11.7 Å². The predicted molar refractivity (Wildman–Crippen MR) is 140 cm³/mol. The molecular weight excluding hydrogens is 458 g/mol. The number of hydrogen-bond donors (Lipinski definition) is 3. The Bertz CT molecular complexity index is 1430. The average Bonchev–Trinajstić information content (AvgIpc) is 3.49. The van der Waals surface area contributed by atoms with Crippen LogP contribution in [0.15, 0.2) is 83.2 Å². The largest absolute Gasteiger partial charge is 0.508 e. The lowest BCUT2D eigenvalue weighted by molar-refractivity contribution is -0.115. The highest BCUT2D eigenvalue weighted by Gasteiger charge is 2.29. The predicted octanol–water partition coefficient (Wildman–Crippen LogP) is 6.04. The van der Waals surface area contributed by atoms with Crippen molar-refractivity contribution >= 4 is 46.4 Å². The Hall–Kier alpha value is -4.23. The van der Waals surface area contributed by atoms with Crippen molar-refractivity contribution in [2.24, 2.45) is 4.99 Å². The summed E-state index contributed by atoms with van der Waals surface area (Å²) in [6.07, 6.45) is 2.32. The standard InChI is InChI=1S/C28H23N3O3S/c1-17-4-8-21(15-25(17)32)29-16-23-22-14-19(7-11-24(22)31-27(23)33)13-18-5-9-20(10-6-18)30-28(34)26-3-2-12-35-26/h2-12,14-16,23,32H,13H2,1H3,(H,30,34)(H,31,33). The molecule has 4 aromatic rings. The molecular formula is C28H23N3O3S. The van der Waals surface area contributed by atoms with Crippen molar-refractivity contribution in [2.45, 2.75) is 19.3 Å². The molecule has 0 saturated heterocycles. The van der Waals surface area contributed by atoms with E-state index in [1.807, 2.05) is 66.9 Å². The van der Waals surface area contributed by atoms with Crippen LogP contribution in [0.3, 0.4) is 0 Å². The molecule has 2 heterocycles. The number of anilines is 2. The molecule has 0 radical (unpaired) electrons. The van der Waals surface area contributed by atoms with Crippen LogP contribution < -0.4 is 10.6 Å². The van der Waals surface area contributed by atoms with Gasteiger partial charge in [-0.1, -0.05) is 36.4 Å². The Balaban J connectivity index is 1.29. The van der Waals surface area contributed by atoms with Crippen molar-refractivity contribution in [1.29, 1.82) is 0 Å².